The van der Waals surface area contributed by atoms with Gasteiger partial charge in [-0.1, -0.05) is 18.6 Å². The van der Waals surface area contributed by atoms with Gasteiger partial charge in [0.15, 0.2) is 0 Å². The molecule has 3 rings (SSSR count). The van der Waals surface area contributed by atoms with Gasteiger partial charge in [0, 0.05) is 24.5 Å². The molecule has 134 valence electrons. The zero-order valence-electron chi connectivity index (χ0n) is 15.5. The summed E-state index contributed by atoms with van der Waals surface area (Å²) in [7, 11) is 0. The molecule has 0 radical (unpaired) electrons. The van der Waals surface area contributed by atoms with E-state index >= 15 is 0 Å². The Morgan fingerprint density at radius 1 is 1.12 bits per heavy atom. The molecular formula is C20H28N4O. The van der Waals surface area contributed by atoms with Gasteiger partial charge in [-0.25, -0.2) is 0 Å². The summed E-state index contributed by atoms with van der Waals surface area (Å²) < 4.78 is 1.87. The minimum atomic E-state index is -0.0847. The molecule has 1 saturated heterocycles. The summed E-state index contributed by atoms with van der Waals surface area (Å²) in [6.45, 7) is 10.0. The number of aromatic nitrogens is 2. The van der Waals surface area contributed by atoms with E-state index in [2.05, 4.69) is 27.4 Å². The SMILES string of the molecule is CCn1nc(C)c(C(=O)Nc2ccc(CN3CCCCC3)cc2)c1C. The van der Waals surface area contributed by atoms with Crippen LogP contribution in [0.15, 0.2) is 24.3 Å². The standard InChI is InChI=1S/C20H28N4O/c1-4-24-16(3)19(15(2)22-24)20(25)21-18-10-8-17(9-11-18)14-23-12-6-5-7-13-23/h8-11H,4-7,12-14H2,1-3H3,(H,21,25). The van der Waals surface area contributed by atoms with Crippen molar-refractivity contribution in [3.63, 3.8) is 0 Å². The summed E-state index contributed by atoms with van der Waals surface area (Å²) in [5.74, 6) is -0.0847. The first-order valence-corrected chi connectivity index (χ1v) is 9.25. The molecule has 1 fully saturated rings. The summed E-state index contributed by atoms with van der Waals surface area (Å²) in [5.41, 5.74) is 4.50. The highest BCUT2D eigenvalue weighted by molar-refractivity contribution is 6.05. The van der Waals surface area contributed by atoms with Gasteiger partial charge in [0.1, 0.15) is 0 Å². The molecule has 1 N–H and O–H groups in total. The van der Waals surface area contributed by atoms with Crippen LogP contribution < -0.4 is 5.32 Å². The highest BCUT2D eigenvalue weighted by atomic mass is 16.1. The van der Waals surface area contributed by atoms with Gasteiger partial charge in [0.2, 0.25) is 0 Å². The molecule has 0 saturated carbocycles. The summed E-state index contributed by atoms with van der Waals surface area (Å²) in [6, 6.07) is 8.21. The quantitative estimate of drug-likeness (QED) is 0.902. The average molecular weight is 340 g/mol. The van der Waals surface area contributed by atoms with Crippen molar-refractivity contribution in [3.05, 3.63) is 46.8 Å². The van der Waals surface area contributed by atoms with E-state index in [1.165, 1.54) is 37.9 Å². The van der Waals surface area contributed by atoms with E-state index < -0.39 is 0 Å². The lowest BCUT2D eigenvalue weighted by Gasteiger charge is -2.26. The molecule has 5 nitrogen and oxygen atoms in total. The van der Waals surface area contributed by atoms with Gasteiger partial charge < -0.3 is 5.32 Å². The van der Waals surface area contributed by atoms with Crippen molar-refractivity contribution in [2.45, 2.75) is 53.1 Å². The van der Waals surface area contributed by atoms with Gasteiger partial charge >= 0.3 is 0 Å². The molecular weight excluding hydrogens is 312 g/mol. The molecule has 1 amide bonds. The minimum absolute atomic E-state index is 0.0847. The van der Waals surface area contributed by atoms with Crippen molar-refractivity contribution in [2.75, 3.05) is 18.4 Å². The highest BCUT2D eigenvalue weighted by Crippen LogP contribution is 2.18. The third-order valence-electron chi connectivity index (χ3n) is 4.97. The van der Waals surface area contributed by atoms with E-state index in [9.17, 15) is 4.79 Å². The van der Waals surface area contributed by atoms with E-state index in [1.54, 1.807) is 0 Å². The van der Waals surface area contributed by atoms with Crippen molar-refractivity contribution < 1.29 is 4.79 Å². The Morgan fingerprint density at radius 3 is 2.40 bits per heavy atom. The van der Waals surface area contributed by atoms with Crippen LogP contribution in [0.25, 0.3) is 0 Å². The number of amides is 1. The molecule has 1 aromatic carbocycles. The Balaban J connectivity index is 1.65. The van der Waals surface area contributed by atoms with Gasteiger partial charge in [0.25, 0.3) is 5.91 Å². The van der Waals surface area contributed by atoms with E-state index in [0.29, 0.717) is 5.56 Å². The van der Waals surface area contributed by atoms with Crippen LogP contribution in [0.3, 0.4) is 0 Å². The Morgan fingerprint density at radius 2 is 1.80 bits per heavy atom. The highest BCUT2D eigenvalue weighted by Gasteiger charge is 2.18. The van der Waals surface area contributed by atoms with Gasteiger partial charge in [-0.3, -0.25) is 14.4 Å². The number of nitrogens with zero attached hydrogens (tertiary/aromatic N) is 3. The molecule has 1 aliphatic rings. The van der Waals surface area contributed by atoms with E-state index in [1.807, 2.05) is 37.6 Å². The fourth-order valence-corrected chi connectivity index (χ4v) is 3.60. The predicted molar refractivity (Wildman–Crippen MR) is 101 cm³/mol. The lowest BCUT2D eigenvalue weighted by atomic mass is 10.1. The Kier molecular flexibility index (Phi) is 5.53. The molecule has 1 aliphatic heterocycles. The van der Waals surface area contributed by atoms with Gasteiger partial charge in [-0.05, 0) is 64.4 Å². The first-order valence-electron chi connectivity index (χ1n) is 9.25. The smallest absolute Gasteiger partial charge is 0.259 e. The maximum Gasteiger partial charge on any atom is 0.259 e. The Bertz CT molecular complexity index is 727. The molecule has 0 unspecified atom stereocenters. The number of hydrogen-bond donors (Lipinski definition) is 1. The zero-order chi connectivity index (χ0) is 17.8. The molecule has 2 heterocycles. The number of likely N-dealkylation sites (tertiary alicyclic amines) is 1. The number of rotatable bonds is 5. The number of aryl methyl sites for hydroxylation is 2. The van der Waals surface area contributed by atoms with Gasteiger partial charge in [-0.15, -0.1) is 0 Å². The predicted octanol–water partition coefficient (Wildman–Crippen LogP) is 3.76. The zero-order valence-corrected chi connectivity index (χ0v) is 15.5. The molecule has 0 bridgehead atoms. The van der Waals surface area contributed by atoms with Gasteiger partial charge in [0.05, 0.1) is 11.3 Å². The van der Waals surface area contributed by atoms with Crippen LogP contribution in [-0.2, 0) is 13.1 Å². The summed E-state index contributed by atoms with van der Waals surface area (Å²) in [4.78, 5) is 15.1. The fraction of sp³-hybridized carbons (Fsp3) is 0.500. The second-order valence-electron chi connectivity index (χ2n) is 6.85. The largest absolute Gasteiger partial charge is 0.322 e. The minimum Gasteiger partial charge on any atom is -0.322 e. The molecule has 0 spiro atoms. The maximum absolute atomic E-state index is 12.6. The van der Waals surface area contributed by atoms with E-state index in [0.717, 1.165) is 30.2 Å². The number of benzene rings is 1. The first-order chi connectivity index (χ1) is 12.1. The van der Waals surface area contributed by atoms with Crippen LogP contribution >= 0.6 is 0 Å². The molecule has 0 atom stereocenters. The third kappa shape index (κ3) is 4.10. The molecule has 5 heteroatoms. The summed E-state index contributed by atoms with van der Waals surface area (Å²) in [5, 5.41) is 7.42. The van der Waals surface area contributed by atoms with Crippen LogP contribution in [-0.4, -0.2) is 33.7 Å². The van der Waals surface area contributed by atoms with Crippen LogP contribution in [0.1, 0.15) is 53.5 Å². The lowest BCUT2D eigenvalue weighted by molar-refractivity contribution is 0.102. The number of carbonyl (C=O) groups excluding carboxylic acids is 1. The number of carbonyl (C=O) groups is 1. The van der Waals surface area contributed by atoms with Crippen molar-refractivity contribution in [1.29, 1.82) is 0 Å². The number of piperidine rings is 1. The van der Waals surface area contributed by atoms with Gasteiger partial charge in [-0.2, -0.15) is 5.10 Å². The Hall–Kier alpha value is -2.14. The lowest BCUT2D eigenvalue weighted by Crippen LogP contribution is -2.29. The van der Waals surface area contributed by atoms with Crippen LogP contribution in [0.2, 0.25) is 0 Å². The fourth-order valence-electron chi connectivity index (χ4n) is 3.60. The number of anilines is 1. The van der Waals surface area contributed by atoms with Crippen molar-refractivity contribution in [3.8, 4) is 0 Å². The first kappa shape index (κ1) is 17.7. The van der Waals surface area contributed by atoms with Crippen molar-refractivity contribution in [2.24, 2.45) is 0 Å². The monoisotopic (exact) mass is 340 g/mol. The molecule has 0 aliphatic carbocycles. The maximum atomic E-state index is 12.6. The summed E-state index contributed by atoms with van der Waals surface area (Å²) >= 11 is 0. The van der Waals surface area contributed by atoms with Crippen molar-refractivity contribution >= 4 is 11.6 Å². The Labute approximate surface area is 150 Å². The summed E-state index contributed by atoms with van der Waals surface area (Å²) in [6.07, 6.45) is 3.96. The van der Waals surface area contributed by atoms with E-state index in [-0.39, 0.29) is 5.91 Å². The van der Waals surface area contributed by atoms with Crippen LogP contribution in [0.5, 0.6) is 0 Å². The second kappa shape index (κ2) is 7.83. The number of nitrogens with one attached hydrogen (secondary N) is 1. The van der Waals surface area contributed by atoms with Crippen LogP contribution in [0.4, 0.5) is 5.69 Å². The topological polar surface area (TPSA) is 50.2 Å². The number of hydrogen-bond acceptors (Lipinski definition) is 3. The molecule has 2 aromatic rings. The van der Waals surface area contributed by atoms with Crippen molar-refractivity contribution in [1.82, 2.24) is 14.7 Å². The average Bonchev–Trinajstić information content (AvgIpc) is 2.91. The third-order valence-corrected chi connectivity index (χ3v) is 4.97. The second-order valence-corrected chi connectivity index (χ2v) is 6.85. The van der Waals surface area contributed by atoms with Crippen LogP contribution in [0, 0.1) is 13.8 Å². The normalized spacial score (nSPS) is 15.3. The molecule has 25 heavy (non-hydrogen) atoms. The van der Waals surface area contributed by atoms with E-state index in [4.69, 9.17) is 0 Å². The molecule has 1 aromatic heterocycles.